The van der Waals surface area contributed by atoms with Gasteiger partial charge in [0.05, 0.1) is 4.90 Å². The first-order chi connectivity index (χ1) is 8.55. The van der Waals surface area contributed by atoms with Crippen LogP contribution in [0.1, 0.15) is 12.8 Å². The topological polar surface area (TPSA) is 84.2 Å². The van der Waals surface area contributed by atoms with Gasteiger partial charge >= 0.3 is 0 Å². The zero-order valence-corrected chi connectivity index (χ0v) is 11.0. The molecule has 5 nitrogen and oxygen atoms in total. The third-order valence-electron chi connectivity index (χ3n) is 3.23. The lowest BCUT2D eigenvalue weighted by atomic mass is 10.1. The van der Waals surface area contributed by atoms with E-state index in [4.69, 9.17) is 5.14 Å². The van der Waals surface area contributed by atoms with Crippen molar-refractivity contribution < 1.29 is 8.42 Å². The number of benzene rings is 1. The van der Waals surface area contributed by atoms with Crippen molar-refractivity contribution in [2.75, 3.05) is 25.0 Å². The summed E-state index contributed by atoms with van der Waals surface area (Å²) in [6.07, 6.45) is 2.37. The minimum absolute atomic E-state index is 0.146. The minimum Gasteiger partial charge on any atom is -0.385 e. The molecule has 1 aliphatic heterocycles. The molecular formula is C12H19N3O2S. The van der Waals surface area contributed by atoms with Gasteiger partial charge in [-0.3, -0.25) is 0 Å². The van der Waals surface area contributed by atoms with E-state index in [9.17, 15) is 8.42 Å². The number of hydrogen-bond acceptors (Lipinski definition) is 4. The fraction of sp³-hybridized carbons (Fsp3) is 0.500. The Morgan fingerprint density at radius 3 is 2.61 bits per heavy atom. The molecular weight excluding hydrogens is 250 g/mol. The van der Waals surface area contributed by atoms with Gasteiger partial charge in [-0.25, -0.2) is 13.6 Å². The predicted molar refractivity (Wildman–Crippen MR) is 71.9 cm³/mol. The lowest BCUT2D eigenvalue weighted by Crippen LogP contribution is -2.13. The summed E-state index contributed by atoms with van der Waals surface area (Å²) in [6.45, 7) is 3.13. The van der Waals surface area contributed by atoms with Crippen LogP contribution in [0, 0.1) is 5.92 Å². The highest BCUT2D eigenvalue weighted by atomic mass is 32.2. The Hall–Kier alpha value is -1.11. The number of hydrogen-bond donors (Lipinski definition) is 3. The second kappa shape index (κ2) is 5.69. The summed E-state index contributed by atoms with van der Waals surface area (Å²) >= 11 is 0. The van der Waals surface area contributed by atoms with Gasteiger partial charge < -0.3 is 10.6 Å². The van der Waals surface area contributed by atoms with Crippen LogP contribution in [0.2, 0.25) is 0 Å². The van der Waals surface area contributed by atoms with Gasteiger partial charge in [-0.05, 0) is 56.1 Å². The second-order valence-corrected chi connectivity index (χ2v) is 6.21. The summed E-state index contributed by atoms with van der Waals surface area (Å²) in [6, 6.07) is 6.53. The number of sulfonamides is 1. The van der Waals surface area contributed by atoms with Crippen LogP contribution < -0.4 is 15.8 Å². The maximum absolute atomic E-state index is 11.1. The molecule has 18 heavy (non-hydrogen) atoms. The molecule has 6 heteroatoms. The molecule has 0 aromatic heterocycles. The molecule has 0 bridgehead atoms. The van der Waals surface area contributed by atoms with E-state index in [2.05, 4.69) is 10.6 Å². The van der Waals surface area contributed by atoms with Crippen molar-refractivity contribution in [1.82, 2.24) is 5.32 Å². The van der Waals surface area contributed by atoms with Crippen LogP contribution >= 0.6 is 0 Å². The number of nitrogens with two attached hydrogens (primary N) is 1. The molecule has 1 saturated heterocycles. The van der Waals surface area contributed by atoms with Gasteiger partial charge in [0.1, 0.15) is 0 Å². The van der Waals surface area contributed by atoms with Gasteiger partial charge in [-0.15, -0.1) is 0 Å². The van der Waals surface area contributed by atoms with Crippen molar-refractivity contribution in [1.29, 1.82) is 0 Å². The van der Waals surface area contributed by atoms with Gasteiger partial charge in [0.15, 0.2) is 0 Å². The van der Waals surface area contributed by atoms with Crippen molar-refractivity contribution >= 4 is 15.7 Å². The molecule has 2 rings (SSSR count). The van der Waals surface area contributed by atoms with Crippen molar-refractivity contribution in [2.24, 2.45) is 11.1 Å². The molecule has 100 valence electrons. The van der Waals surface area contributed by atoms with E-state index in [1.165, 1.54) is 18.6 Å². The zero-order valence-electron chi connectivity index (χ0n) is 10.2. The molecule has 0 aliphatic carbocycles. The molecule has 1 heterocycles. The average molecular weight is 269 g/mol. The molecule has 1 fully saturated rings. The maximum atomic E-state index is 11.1. The van der Waals surface area contributed by atoms with Crippen molar-refractivity contribution in [3.8, 4) is 0 Å². The first-order valence-electron chi connectivity index (χ1n) is 6.13. The molecule has 1 unspecified atom stereocenters. The van der Waals surface area contributed by atoms with E-state index in [1.807, 2.05) is 0 Å². The van der Waals surface area contributed by atoms with Crippen molar-refractivity contribution in [2.45, 2.75) is 17.7 Å². The van der Waals surface area contributed by atoms with E-state index in [0.717, 1.165) is 37.7 Å². The smallest absolute Gasteiger partial charge is 0.238 e. The van der Waals surface area contributed by atoms with Crippen LogP contribution in [0.3, 0.4) is 0 Å². The Labute approximate surface area is 108 Å². The molecule has 0 saturated carbocycles. The number of primary sulfonamides is 1. The number of nitrogens with one attached hydrogen (secondary N) is 2. The Morgan fingerprint density at radius 1 is 1.33 bits per heavy atom. The molecule has 1 aliphatic rings. The van der Waals surface area contributed by atoms with Crippen molar-refractivity contribution in [3.63, 3.8) is 0 Å². The molecule has 1 atom stereocenters. The summed E-state index contributed by atoms with van der Waals surface area (Å²) in [4.78, 5) is 0.146. The number of rotatable bonds is 5. The highest BCUT2D eigenvalue weighted by molar-refractivity contribution is 7.89. The SMILES string of the molecule is NS(=O)(=O)c1ccc(NCCC2CCNC2)cc1. The quantitative estimate of drug-likeness (QED) is 0.736. The Morgan fingerprint density at radius 2 is 2.06 bits per heavy atom. The lowest BCUT2D eigenvalue weighted by Gasteiger charge is -2.10. The standard InChI is InChI=1S/C12H19N3O2S/c13-18(16,17)12-3-1-11(2-4-12)15-8-6-10-5-7-14-9-10/h1-4,10,14-15H,5-9H2,(H2,13,16,17). The number of anilines is 1. The molecule has 0 radical (unpaired) electrons. The van der Waals surface area contributed by atoms with Crippen LogP contribution in [0.15, 0.2) is 29.2 Å². The third-order valence-corrected chi connectivity index (χ3v) is 4.16. The first kappa shape index (κ1) is 13.3. The summed E-state index contributed by atoms with van der Waals surface area (Å²) in [5.41, 5.74) is 0.924. The highest BCUT2D eigenvalue weighted by Gasteiger charge is 2.13. The lowest BCUT2D eigenvalue weighted by molar-refractivity contribution is 0.549. The average Bonchev–Trinajstić information content (AvgIpc) is 2.82. The molecule has 1 aromatic carbocycles. The third kappa shape index (κ3) is 3.69. The summed E-state index contributed by atoms with van der Waals surface area (Å²) in [7, 11) is -3.59. The second-order valence-electron chi connectivity index (χ2n) is 4.64. The van der Waals surface area contributed by atoms with Crippen LogP contribution in [0.4, 0.5) is 5.69 Å². The maximum Gasteiger partial charge on any atom is 0.238 e. The van der Waals surface area contributed by atoms with E-state index in [0.29, 0.717) is 0 Å². The van der Waals surface area contributed by atoms with Crippen LogP contribution in [-0.4, -0.2) is 28.1 Å². The summed E-state index contributed by atoms with van der Waals surface area (Å²) in [5, 5.41) is 11.7. The molecule has 4 N–H and O–H groups in total. The van der Waals surface area contributed by atoms with E-state index >= 15 is 0 Å². The van der Waals surface area contributed by atoms with Gasteiger partial charge in [0.25, 0.3) is 0 Å². The van der Waals surface area contributed by atoms with Crippen LogP contribution in [0.5, 0.6) is 0 Å². The normalized spacial score (nSPS) is 19.9. The minimum atomic E-state index is -3.59. The molecule has 1 aromatic rings. The summed E-state index contributed by atoms with van der Waals surface area (Å²) < 4.78 is 22.2. The Bertz CT molecular complexity index is 479. The Balaban J connectivity index is 1.83. The highest BCUT2D eigenvalue weighted by Crippen LogP contribution is 2.15. The van der Waals surface area contributed by atoms with Gasteiger partial charge in [-0.2, -0.15) is 0 Å². The van der Waals surface area contributed by atoms with Gasteiger partial charge in [0.2, 0.25) is 10.0 Å². The van der Waals surface area contributed by atoms with E-state index in [-0.39, 0.29) is 4.90 Å². The predicted octanol–water partition coefficient (Wildman–Crippen LogP) is 0.745. The largest absolute Gasteiger partial charge is 0.385 e. The molecule has 0 spiro atoms. The fourth-order valence-corrected chi connectivity index (χ4v) is 2.66. The van der Waals surface area contributed by atoms with Gasteiger partial charge in [0, 0.05) is 12.2 Å². The Kier molecular flexibility index (Phi) is 4.21. The fourth-order valence-electron chi connectivity index (χ4n) is 2.14. The van der Waals surface area contributed by atoms with Crippen LogP contribution in [-0.2, 0) is 10.0 Å². The first-order valence-corrected chi connectivity index (χ1v) is 7.68. The van der Waals surface area contributed by atoms with Crippen molar-refractivity contribution in [3.05, 3.63) is 24.3 Å². The van der Waals surface area contributed by atoms with Gasteiger partial charge in [-0.1, -0.05) is 0 Å². The van der Waals surface area contributed by atoms with E-state index in [1.54, 1.807) is 12.1 Å². The monoisotopic (exact) mass is 269 g/mol. The van der Waals surface area contributed by atoms with Crippen LogP contribution in [0.25, 0.3) is 0 Å². The zero-order chi connectivity index (χ0) is 13.0. The molecule has 0 amide bonds. The van der Waals surface area contributed by atoms with E-state index < -0.39 is 10.0 Å². The summed E-state index contributed by atoms with van der Waals surface area (Å²) in [5.74, 6) is 0.751.